The van der Waals surface area contributed by atoms with E-state index < -0.39 is 0 Å². The number of hydrogen-bond acceptors (Lipinski definition) is 4. The first kappa shape index (κ1) is 21.8. The van der Waals surface area contributed by atoms with Crippen molar-refractivity contribution in [2.45, 2.75) is 51.4 Å². The highest BCUT2D eigenvalue weighted by molar-refractivity contribution is 6.21. The van der Waals surface area contributed by atoms with Gasteiger partial charge in [-0.2, -0.15) is 0 Å². The fraction of sp³-hybridized carbons (Fsp3) is 0.400. The highest BCUT2D eigenvalue weighted by Gasteiger charge is 2.34. The zero-order valence-electron chi connectivity index (χ0n) is 17.3. The molecule has 0 unspecified atom stereocenters. The third-order valence-corrected chi connectivity index (χ3v) is 5.46. The van der Waals surface area contributed by atoms with Crippen LogP contribution in [0.5, 0.6) is 5.75 Å². The lowest BCUT2D eigenvalue weighted by Gasteiger charge is -2.13. The largest absolute Gasteiger partial charge is 0.493 e. The minimum Gasteiger partial charge on any atom is -0.493 e. The Labute approximate surface area is 178 Å². The van der Waals surface area contributed by atoms with Crippen molar-refractivity contribution in [3.63, 3.8) is 0 Å². The van der Waals surface area contributed by atoms with Crippen LogP contribution in [0.25, 0.3) is 0 Å². The summed E-state index contributed by atoms with van der Waals surface area (Å²) in [6.45, 7) is 1.14. The molecule has 30 heavy (non-hydrogen) atoms. The first-order valence-corrected chi connectivity index (χ1v) is 10.8. The molecule has 0 fully saturated rings. The molecule has 2 aromatic carbocycles. The lowest BCUT2D eigenvalue weighted by atomic mass is 10.1. The number of rotatable bonds is 13. The summed E-state index contributed by atoms with van der Waals surface area (Å²) < 4.78 is 5.69. The zero-order chi connectivity index (χ0) is 21.2. The highest BCUT2D eigenvalue weighted by Crippen LogP contribution is 2.23. The van der Waals surface area contributed by atoms with Crippen LogP contribution < -0.4 is 4.74 Å². The van der Waals surface area contributed by atoms with Crippen LogP contribution in [-0.2, 0) is 0 Å². The van der Waals surface area contributed by atoms with Crippen LogP contribution in [-0.4, -0.2) is 36.2 Å². The van der Waals surface area contributed by atoms with Gasteiger partial charge in [0.2, 0.25) is 0 Å². The molecule has 1 heterocycles. The maximum absolute atomic E-state index is 12.3. The third-order valence-electron chi connectivity index (χ3n) is 5.46. The number of carbonyl (C=O) groups excluding carboxylic acids is 3. The van der Waals surface area contributed by atoms with Crippen molar-refractivity contribution < 1.29 is 19.1 Å². The van der Waals surface area contributed by atoms with Crippen molar-refractivity contribution in [1.29, 1.82) is 0 Å². The molecule has 5 nitrogen and oxygen atoms in total. The molecule has 1 aliphatic heterocycles. The fourth-order valence-corrected chi connectivity index (χ4v) is 3.77. The lowest BCUT2D eigenvalue weighted by molar-refractivity contribution is 0.0651. The molecule has 1 aliphatic rings. The average molecular weight is 408 g/mol. The van der Waals surface area contributed by atoms with Crippen LogP contribution in [0, 0.1) is 0 Å². The number of para-hydroxylation sites is 1. The summed E-state index contributed by atoms with van der Waals surface area (Å²) in [5.41, 5.74) is 1.65. The summed E-state index contributed by atoms with van der Waals surface area (Å²) in [5.74, 6) is 0.340. The molecule has 0 aliphatic carbocycles. The summed E-state index contributed by atoms with van der Waals surface area (Å²) in [5, 5.41) is 0. The molecular formula is C25H29NO4. The molecule has 5 heteroatoms. The Kier molecular flexibility index (Phi) is 8.19. The molecule has 158 valence electrons. The SMILES string of the molecule is O=Cc1ccccc1OCCCCCCCCCCN1C(=O)c2ccccc2C1=O. The van der Waals surface area contributed by atoms with Gasteiger partial charge in [0, 0.05) is 6.54 Å². The topological polar surface area (TPSA) is 63.7 Å². The summed E-state index contributed by atoms with van der Waals surface area (Å²) in [6.07, 6.45) is 9.42. The number of unbranched alkanes of at least 4 members (excludes halogenated alkanes) is 7. The van der Waals surface area contributed by atoms with Crippen molar-refractivity contribution in [3.05, 3.63) is 65.2 Å². The molecule has 0 bridgehead atoms. The molecule has 0 N–H and O–H groups in total. The van der Waals surface area contributed by atoms with E-state index in [0.717, 1.165) is 51.2 Å². The number of imide groups is 1. The van der Waals surface area contributed by atoms with Gasteiger partial charge in [0.25, 0.3) is 11.8 Å². The standard InChI is InChI=1S/C25H29NO4/c27-19-20-13-7-10-16-23(20)30-18-12-6-4-2-1-3-5-11-17-26-24(28)21-14-8-9-15-22(21)25(26)29/h7-10,13-16,19H,1-6,11-12,17-18H2. The van der Waals surface area contributed by atoms with Gasteiger partial charge in [0.05, 0.1) is 23.3 Å². The van der Waals surface area contributed by atoms with Crippen LogP contribution in [0.3, 0.4) is 0 Å². The predicted octanol–water partition coefficient (Wildman–Crippen LogP) is 5.29. The van der Waals surface area contributed by atoms with E-state index in [1.807, 2.05) is 18.2 Å². The van der Waals surface area contributed by atoms with Crippen LogP contribution in [0.2, 0.25) is 0 Å². The molecule has 0 radical (unpaired) electrons. The molecule has 0 saturated carbocycles. The molecule has 0 saturated heterocycles. The fourth-order valence-electron chi connectivity index (χ4n) is 3.77. The second-order valence-electron chi connectivity index (χ2n) is 7.64. The van der Waals surface area contributed by atoms with E-state index in [1.54, 1.807) is 30.3 Å². The summed E-state index contributed by atoms with van der Waals surface area (Å²) in [6, 6.07) is 14.3. The molecule has 0 spiro atoms. The van der Waals surface area contributed by atoms with Gasteiger partial charge in [0.1, 0.15) is 5.75 Å². The summed E-state index contributed by atoms with van der Waals surface area (Å²) in [4.78, 5) is 36.9. The van der Waals surface area contributed by atoms with Gasteiger partial charge < -0.3 is 4.74 Å². The Morgan fingerprint density at radius 1 is 0.700 bits per heavy atom. The molecular weight excluding hydrogens is 378 g/mol. The van der Waals surface area contributed by atoms with E-state index in [2.05, 4.69) is 0 Å². The lowest BCUT2D eigenvalue weighted by Crippen LogP contribution is -2.30. The molecule has 3 rings (SSSR count). The van der Waals surface area contributed by atoms with Crippen molar-refractivity contribution >= 4 is 18.1 Å². The van der Waals surface area contributed by atoms with E-state index in [9.17, 15) is 14.4 Å². The predicted molar refractivity (Wildman–Crippen MR) is 116 cm³/mol. The Morgan fingerprint density at radius 2 is 1.23 bits per heavy atom. The second-order valence-corrected chi connectivity index (χ2v) is 7.64. The van der Waals surface area contributed by atoms with Gasteiger partial charge in [-0.15, -0.1) is 0 Å². The summed E-state index contributed by atoms with van der Waals surface area (Å²) in [7, 11) is 0. The summed E-state index contributed by atoms with van der Waals surface area (Å²) >= 11 is 0. The first-order chi connectivity index (χ1) is 14.7. The second kappa shape index (κ2) is 11.3. The Bertz CT molecular complexity index is 842. The van der Waals surface area contributed by atoms with Crippen LogP contribution in [0.15, 0.2) is 48.5 Å². The number of fused-ring (bicyclic) bond motifs is 1. The smallest absolute Gasteiger partial charge is 0.261 e. The quantitative estimate of drug-likeness (QED) is 0.257. The van der Waals surface area contributed by atoms with Crippen molar-refractivity contribution in [1.82, 2.24) is 4.90 Å². The van der Waals surface area contributed by atoms with Crippen molar-refractivity contribution in [3.8, 4) is 5.75 Å². The average Bonchev–Trinajstić information content (AvgIpc) is 3.02. The van der Waals surface area contributed by atoms with Gasteiger partial charge >= 0.3 is 0 Å². The number of benzene rings is 2. The number of ether oxygens (including phenoxy) is 1. The van der Waals surface area contributed by atoms with E-state index in [1.165, 1.54) is 11.3 Å². The Balaban J connectivity index is 1.20. The number of amides is 2. The van der Waals surface area contributed by atoms with Crippen LogP contribution >= 0.6 is 0 Å². The number of aldehydes is 1. The van der Waals surface area contributed by atoms with Crippen molar-refractivity contribution in [2.24, 2.45) is 0 Å². The monoisotopic (exact) mass is 407 g/mol. The molecule has 0 aromatic heterocycles. The Hall–Kier alpha value is -2.95. The van der Waals surface area contributed by atoms with E-state index in [4.69, 9.17) is 4.74 Å². The third kappa shape index (κ3) is 5.56. The molecule has 2 amide bonds. The Morgan fingerprint density at radius 3 is 1.87 bits per heavy atom. The minimum atomic E-state index is -0.159. The van der Waals surface area contributed by atoms with Crippen molar-refractivity contribution in [2.75, 3.05) is 13.2 Å². The van der Waals surface area contributed by atoms with Gasteiger partial charge in [0.15, 0.2) is 6.29 Å². The molecule has 2 aromatic rings. The van der Waals surface area contributed by atoms with E-state index in [-0.39, 0.29) is 11.8 Å². The first-order valence-electron chi connectivity index (χ1n) is 10.8. The molecule has 0 atom stereocenters. The van der Waals surface area contributed by atoms with E-state index in [0.29, 0.717) is 35.6 Å². The number of hydrogen-bond donors (Lipinski definition) is 0. The maximum Gasteiger partial charge on any atom is 0.261 e. The van der Waals surface area contributed by atoms with Gasteiger partial charge in [-0.05, 0) is 37.1 Å². The van der Waals surface area contributed by atoms with Gasteiger partial charge in [-0.25, -0.2) is 0 Å². The van der Waals surface area contributed by atoms with Crippen LogP contribution in [0.1, 0.15) is 82.4 Å². The normalized spacial score (nSPS) is 12.9. The highest BCUT2D eigenvalue weighted by atomic mass is 16.5. The zero-order valence-corrected chi connectivity index (χ0v) is 17.3. The van der Waals surface area contributed by atoms with Gasteiger partial charge in [-0.1, -0.05) is 62.8 Å². The number of nitrogens with zero attached hydrogens (tertiary/aromatic N) is 1. The van der Waals surface area contributed by atoms with Gasteiger partial charge in [-0.3, -0.25) is 19.3 Å². The van der Waals surface area contributed by atoms with E-state index >= 15 is 0 Å². The maximum atomic E-state index is 12.3. The minimum absolute atomic E-state index is 0.159. The van der Waals surface area contributed by atoms with Crippen LogP contribution in [0.4, 0.5) is 0 Å². The number of carbonyl (C=O) groups is 3.